The molecule has 0 bridgehead atoms. The Morgan fingerprint density at radius 1 is 1.00 bits per heavy atom. The fourth-order valence-electron chi connectivity index (χ4n) is 0. The Bertz CT molecular complexity index is 92.9. The van der Waals surface area contributed by atoms with Gasteiger partial charge in [-0.1, -0.05) is 0 Å². The largest absolute Gasteiger partial charge is 0.394 e. The van der Waals surface area contributed by atoms with Gasteiger partial charge in [0.15, 0.2) is 0 Å². The van der Waals surface area contributed by atoms with Crippen LogP contribution in [0.3, 0.4) is 0 Å². The summed E-state index contributed by atoms with van der Waals surface area (Å²) < 4.78 is 31.6. The van der Waals surface area contributed by atoms with Gasteiger partial charge in [0.2, 0.25) is 0 Å². The first kappa shape index (κ1) is 15.9. The predicted molar refractivity (Wildman–Crippen MR) is 25.7 cm³/mol. The zero-order valence-corrected chi connectivity index (χ0v) is 11.7. The summed E-state index contributed by atoms with van der Waals surface area (Å²) in [5, 5.41) is 0. The molecule has 0 rings (SSSR count). The molecule has 7 heavy (non-hydrogen) atoms. The van der Waals surface area contributed by atoms with E-state index < -0.39 is 10.4 Å². The molecule has 7 heteroatoms. The Labute approximate surface area is 81.6 Å². The quantitative estimate of drug-likeness (QED) is 0.309. The van der Waals surface area contributed by atoms with Crippen LogP contribution in [0, 0.1) is 0 Å². The van der Waals surface area contributed by atoms with E-state index >= 15 is 0 Å². The van der Waals surface area contributed by atoms with Gasteiger partial charge in [-0.3, -0.25) is 9.11 Å². The fourth-order valence-corrected chi connectivity index (χ4v) is 0. The minimum Gasteiger partial charge on any atom is -0.264 e. The monoisotopic (exact) mass is 514 g/mol. The third-order valence-corrected chi connectivity index (χ3v) is 0. The molecule has 0 aliphatic carbocycles. The Balaban J connectivity index is -0.0000000800. The summed E-state index contributed by atoms with van der Waals surface area (Å²) in [6.45, 7) is 0. The van der Waals surface area contributed by atoms with Crippen molar-refractivity contribution < 1.29 is 17.5 Å². The molecule has 0 amide bonds. The van der Waals surface area contributed by atoms with Crippen molar-refractivity contribution in [3.8, 4) is 0 Å². The second-order valence-corrected chi connectivity index (χ2v) is 1.34. The van der Waals surface area contributed by atoms with Crippen molar-refractivity contribution in [2.75, 3.05) is 0 Å². The van der Waals surface area contributed by atoms with Gasteiger partial charge >= 0.3 is 10.4 Å². The van der Waals surface area contributed by atoms with E-state index in [2.05, 4.69) is 0 Å². The summed E-state index contributed by atoms with van der Waals surface area (Å²) in [5.41, 5.74) is 0. The normalized spacial score (nSPS) is 8.29. The van der Waals surface area contributed by atoms with Crippen LogP contribution >= 0.6 is 0 Å². The molecule has 0 aromatic carbocycles. The Morgan fingerprint density at radius 3 is 1.00 bits per heavy atom. The maximum Gasteiger partial charge on any atom is 0.394 e. The van der Waals surface area contributed by atoms with E-state index in [1.54, 1.807) is 0 Å². The summed E-state index contributed by atoms with van der Waals surface area (Å²) in [6.07, 6.45) is 0. The summed E-state index contributed by atoms with van der Waals surface area (Å²) in [6, 6.07) is 0. The topological polar surface area (TPSA) is 74.6 Å². The molecule has 0 aliphatic heterocycles. The van der Waals surface area contributed by atoms with Crippen LogP contribution in [0.1, 0.15) is 0 Å². The number of hydrogen-bond acceptors (Lipinski definition) is 2. The molecular formula is H2O4Pb2S. The van der Waals surface area contributed by atoms with Crippen molar-refractivity contribution >= 4 is 65.0 Å². The summed E-state index contributed by atoms with van der Waals surface area (Å²) in [5.74, 6) is 0. The van der Waals surface area contributed by atoms with Crippen molar-refractivity contribution in [3.63, 3.8) is 0 Å². The minimum absolute atomic E-state index is 0. The molecule has 2 N–H and O–H groups in total. The van der Waals surface area contributed by atoms with Gasteiger partial charge in [0.05, 0.1) is 0 Å². The first-order valence-corrected chi connectivity index (χ1v) is 2.10. The van der Waals surface area contributed by atoms with Crippen LogP contribution in [0.4, 0.5) is 0 Å². The van der Waals surface area contributed by atoms with Gasteiger partial charge in [-0.15, -0.1) is 0 Å². The molecule has 40 valence electrons. The van der Waals surface area contributed by atoms with E-state index in [4.69, 9.17) is 17.5 Å². The van der Waals surface area contributed by atoms with E-state index in [1.165, 1.54) is 0 Å². The maximum absolute atomic E-state index is 8.74. The standard InChI is InChI=1S/H2O4S.2Pb/c1-5(2,3)4;;/h(H2,1,2,3,4);;. The summed E-state index contributed by atoms with van der Waals surface area (Å²) in [4.78, 5) is 0. The van der Waals surface area contributed by atoms with Crippen molar-refractivity contribution in [1.29, 1.82) is 0 Å². The minimum atomic E-state index is -4.67. The average Bonchev–Trinajstić information content (AvgIpc) is 0.722. The van der Waals surface area contributed by atoms with Gasteiger partial charge in [0.1, 0.15) is 0 Å². The maximum atomic E-state index is 8.74. The molecule has 0 atom stereocenters. The second kappa shape index (κ2) is 5.84. The number of hydrogen-bond donors (Lipinski definition) is 2. The predicted octanol–water partition coefficient (Wildman–Crippen LogP) is -1.41. The van der Waals surface area contributed by atoms with Crippen LogP contribution in [0.5, 0.6) is 0 Å². The van der Waals surface area contributed by atoms with Crippen molar-refractivity contribution in [3.05, 3.63) is 0 Å². The smallest absolute Gasteiger partial charge is 0.264 e. The van der Waals surface area contributed by atoms with E-state index in [-0.39, 0.29) is 54.6 Å². The van der Waals surface area contributed by atoms with Gasteiger partial charge < -0.3 is 0 Å². The number of rotatable bonds is 0. The van der Waals surface area contributed by atoms with Gasteiger partial charge in [-0.2, -0.15) is 8.42 Å². The first-order valence-electron chi connectivity index (χ1n) is 0.698. The van der Waals surface area contributed by atoms with E-state index in [9.17, 15) is 0 Å². The van der Waals surface area contributed by atoms with E-state index in [1.807, 2.05) is 0 Å². The third kappa shape index (κ3) is 85.7. The van der Waals surface area contributed by atoms with E-state index in [0.717, 1.165) is 0 Å². The summed E-state index contributed by atoms with van der Waals surface area (Å²) >= 11 is 0. The van der Waals surface area contributed by atoms with Crippen LogP contribution in [0.15, 0.2) is 0 Å². The van der Waals surface area contributed by atoms with Crippen LogP contribution < -0.4 is 0 Å². The molecule has 0 spiro atoms. The van der Waals surface area contributed by atoms with Gasteiger partial charge in [-0.05, 0) is 0 Å². The molecule has 0 aromatic heterocycles. The van der Waals surface area contributed by atoms with Gasteiger partial charge in [0, 0.05) is 54.6 Å². The van der Waals surface area contributed by atoms with Crippen molar-refractivity contribution in [2.24, 2.45) is 0 Å². The van der Waals surface area contributed by atoms with Crippen LogP contribution in [-0.2, 0) is 10.4 Å². The molecule has 8 radical (unpaired) electrons. The molecule has 0 aromatic rings. The van der Waals surface area contributed by atoms with Crippen LogP contribution in [-0.4, -0.2) is 72.1 Å². The Morgan fingerprint density at radius 2 is 1.00 bits per heavy atom. The zero-order chi connectivity index (χ0) is 4.50. The molecular weight excluding hydrogens is 510 g/mol. The molecule has 4 nitrogen and oxygen atoms in total. The second-order valence-electron chi connectivity index (χ2n) is 0.448. The third-order valence-electron chi connectivity index (χ3n) is 0. The van der Waals surface area contributed by atoms with Gasteiger partial charge in [0.25, 0.3) is 0 Å². The van der Waals surface area contributed by atoms with Crippen molar-refractivity contribution in [1.82, 2.24) is 0 Å². The zero-order valence-electron chi connectivity index (χ0n) is 3.12. The summed E-state index contributed by atoms with van der Waals surface area (Å²) in [7, 11) is -4.67. The molecule has 0 fully saturated rings. The average molecular weight is 512 g/mol. The van der Waals surface area contributed by atoms with Gasteiger partial charge in [-0.25, -0.2) is 0 Å². The van der Waals surface area contributed by atoms with Crippen molar-refractivity contribution in [2.45, 2.75) is 0 Å². The molecule has 0 aliphatic rings. The van der Waals surface area contributed by atoms with Crippen LogP contribution in [0.2, 0.25) is 0 Å². The Hall–Kier alpha value is 1.71. The fraction of sp³-hybridized carbons (Fsp3) is 0. The SMILES string of the molecule is O=S(=O)(O)O.[Pb].[Pb]. The van der Waals surface area contributed by atoms with Crippen LogP contribution in [0.25, 0.3) is 0 Å². The molecule has 0 saturated heterocycles. The van der Waals surface area contributed by atoms with E-state index in [0.29, 0.717) is 0 Å². The Kier molecular flexibility index (Phi) is 13.3. The molecule has 0 saturated carbocycles. The first-order chi connectivity index (χ1) is 2.00. The molecule has 0 unspecified atom stereocenters. The molecule has 0 heterocycles.